The average Bonchev–Trinajstić information content (AvgIpc) is 3.26. The minimum atomic E-state index is 0.488. The predicted octanol–water partition coefficient (Wildman–Crippen LogP) is 2.66. The van der Waals surface area contributed by atoms with Crippen LogP contribution in [0.2, 0.25) is 0 Å². The molecule has 0 unspecified atom stereocenters. The third-order valence-corrected chi connectivity index (χ3v) is 10.5. The van der Waals surface area contributed by atoms with Crippen LogP contribution in [0.1, 0.15) is 38.5 Å². The fourth-order valence-electron chi connectivity index (χ4n) is 9.54. The summed E-state index contributed by atoms with van der Waals surface area (Å²) in [7, 11) is 0. The summed E-state index contributed by atoms with van der Waals surface area (Å²) in [4.78, 5) is 0. The van der Waals surface area contributed by atoms with Gasteiger partial charge in [-0.3, -0.25) is 0 Å². The molecule has 4 bridgehead atoms. The Morgan fingerprint density at radius 2 is 1.07 bits per heavy atom. The summed E-state index contributed by atoms with van der Waals surface area (Å²) in [5.74, 6) is 6.91. The zero-order valence-corrected chi connectivity index (χ0v) is 17.2. The molecule has 0 N–H and O–H groups in total. The molecular formula is C24H34O5. The van der Waals surface area contributed by atoms with Gasteiger partial charge in [0.1, 0.15) is 0 Å². The van der Waals surface area contributed by atoms with Gasteiger partial charge in [0.2, 0.25) is 0 Å². The van der Waals surface area contributed by atoms with E-state index >= 15 is 0 Å². The summed E-state index contributed by atoms with van der Waals surface area (Å²) in [6, 6.07) is 0. The van der Waals surface area contributed by atoms with Gasteiger partial charge in [0.15, 0.2) is 0 Å². The number of hydrogen-bond acceptors (Lipinski definition) is 5. The monoisotopic (exact) mass is 402 g/mol. The lowest BCUT2D eigenvalue weighted by Crippen LogP contribution is -2.34. The molecular weight excluding hydrogens is 368 g/mol. The zero-order valence-electron chi connectivity index (χ0n) is 17.2. The molecule has 0 radical (unpaired) electrons. The van der Waals surface area contributed by atoms with E-state index in [1.807, 2.05) is 0 Å². The van der Waals surface area contributed by atoms with Gasteiger partial charge in [-0.1, -0.05) is 0 Å². The zero-order chi connectivity index (χ0) is 18.7. The minimum Gasteiger partial charge on any atom is -0.377 e. The molecule has 2 aliphatic heterocycles. The quantitative estimate of drug-likeness (QED) is 0.462. The summed E-state index contributed by atoms with van der Waals surface area (Å²) >= 11 is 0. The molecule has 6 saturated carbocycles. The van der Waals surface area contributed by atoms with Crippen LogP contribution in [0.25, 0.3) is 0 Å². The molecule has 6 aliphatic carbocycles. The summed E-state index contributed by atoms with van der Waals surface area (Å²) in [5, 5.41) is 0. The first-order valence-electron chi connectivity index (χ1n) is 12.5. The van der Waals surface area contributed by atoms with Crippen LogP contribution in [0.4, 0.5) is 0 Å². The topological polar surface area (TPSA) is 52.8 Å². The normalized spacial score (nSPS) is 61.7. The maximum Gasteiger partial charge on any atom is 0.0875 e. The molecule has 5 nitrogen and oxygen atoms in total. The van der Waals surface area contributed by atoms with Gasteiger partial charge in [-0.2, -0.15) is 0 Å². The average molecular weight is 403 g/mol. The van der Waals surface area contributed by atoms with E-state index in [0.29, 0.717) is 49.8 Å². The molecule has 0 amide bonds. The fourth-order valence-corrected chi connectivity index (χ4v) is 9.54. The first-order chi connectivity index (χ1) is 14.3. The second-order valence-corrected chi connectivity index (χ2v) is 11.5. The van der Waals surface area contributed by atoms with Crippen LogP contribution in [-0.2, 0) is 23.7 Å². The van der Waals surface area contributed by atoms with Gasteiger partial charge in [-0.05, 0) is 85.9 Å². The Morgan fingerprint density at radius 3 is 1.59 bits per heavy atom. The molecule has 2 saturated heterocycles. The number of ether oxygens (including phenoxy) is 5. The molecule has 8 rings (SSSR count). The number of rotatable bonds is 8. The lowest BCUT2D eigenvalue weighted by molar-refractivity contribution is -0.0649. The first-order valence-corrected chi connectivity index (χ1v) is 12.5. The summed E-state index contributed by atoms with van der Waals surface area (Å²) < 4.78 is 29.9. The maximum atomic E-state index is 6.26. The van der Waals surface area contributed by atoms with Crippen LogP contribution in [0.3, 0.4) is 0 Å². The third-order valence-electron chi connectivity index (χ3n) is 10.5. The molecule has 0 spiro atoms. The van der Waals surface area contributed by atoms with E-state index in [9.17, 15) is 0 Å². The Bertz CT molecular complexity index is 628. The molecule has 5 heteroatoms. The highest BCUT2D eigenvalue weighted by Crippen LogP contribution is 2.65. The second kappa shape index (κ2) is 6.19. The molecule has 14 atom stereocenters. The van der Waals surface area contributed by atoms with Gasteiger partial charge < -0.3 is 23.7 Å². The van der Waals surface area contributed by atoms with Crippen molar-refractivity contribution < 1.29 is 23.7 Å². The van der Waals surface area contributed by atoms with E-state index in [-0.39, 0.29) is 0 Å². The SMILES string of the molecule is C(CO[C@H]1C[C@@H]2C[C@H]1[C@H]1C[C@H]3O[C@@H]3[C@H]21)OCCO[C@@H]1C[C@@H]2C[C@@H]1[C@H]1C[C@H]3O[C@@H]3[C@H]21. The van der Waals surface area contributed by atoms with Crippen LogP contribution in [-0.4, -0.2) is 63.1 Å². The van der Waals surface area contributed by atoms with Gasteiger partial charge >= 0.3 is 0 Å². The highest BCUT2D eigenvalue weighted by molar-refractivity contribution is 5.15. The molecule has 8 fully saturated rings. The summed E-state index contributed by atoms with van der Waals surface area (Å²) in [5.41, 5.74) is 0. The van der Waals surface area contributed by atoms with Gasteiger partial charge in [-0.25, -0.2) is 0 Å². The van der Waals surface area contributed by atoms with Gasteiger partial charge in [0.25, 0.3) is 0 Å². The Morgan fingerprint density at radius 1 is 0.552 bits per heavy atom. The van der Waals surface area contributed by atoms with E-state index in [4.69, 9.17) is 23.7 Å². The molecule has 0 aromatic heterocycles. The minimum absolute atomic E-state index is 0.488. The Labute approximate surface area is 173 Å². The van der Waals surface area contributed by atoms with Crippen molar-refractivity contribution in [2.24, 2.45) is 47.3 Å². The number of hydrogen-bond donors (Lipinski definition) is 0. The van der Waals surface area contributed by atoms with Crippen molar-refractivity contribution in [3.8, 4) is 0 Å². The first kappa shape index (κ1) is 17.4. The van der Waals surface area contributed by atoms with Crippen molar-refractivity contribution >= 4 is 0 Å². The van der Waals surface area contributed by atoms with Gasteiger partial charge in [-0.15, -0.1) is 0 Å². The predicted molar refractivity (Wildman–Crippen MR) is 103 cm³/mol. The molecule has 8 aliphatic rings. The van der Waals surface area contributed by atoms with Crippen LogP contribution in [0, 0.1) is 47.3 Å². The van der Waals surface area contributed by atoms with Crippen molar-refractivity contribution in [2.75, 3.05) is 26.4 Å². The van der Waals surface area contributed by atoms with Crippen LogP contribution in [0.5, 0.6) is 0 Å². The number of fused-ring (bicyclic) bond motifs is 14. The van der Waals surface area contributed by atoms with Crippen molar-refractivity contribution in [3.63, 3.8) is 0 Å². The third kappa shape index (κ3) is 2.51. The summed E-state index contributed by atoms with van der Waals surface area (Å²) in [6.45, 7) is 2.91. The van der Waals surface area contributed by atoms with Crippen molar-refractivity contribution in [2.45, 2.75) is 75.1 Å². The maximum absolute atomic E-state index is 6.26. The van der Waals surface area contributed by atoms with E-state index < -0.39 is 0 Å². The Kier molecular flexibility index (Phi) is 3.71. The molecule has 2 heterocycles. The van der Waals surface area contributed by atoms with Gasteiger partial charge in [0, 0.05) is 0 Å². The second-order valence-electron chi connectivity index (χ2n) is 11.5. The Hall–Kier alpha value is -0.200. The van der Waals surface area contributed by atoms with Gasteiger partial charge in [0.05, 0.1) is 63.1 Å². The number of epoxide rings is 2. The molecule has 0 aromatic carbocycles. The molecule has 29 heavy (non-hydrogen) atoms. The highest BCUT2D eigenvalue weighted by Gasteiger charge is 2.67. The molecule has 160 valence electrons. The smallest absolute Gasteiger partial charge is 0.0875 e. The van der Waals surface area contributed by atoms with Crippen molar-refractivity contribution in [1.82, 2.24) is 0 Å². The van der Waals surface area contributed by atoms with E-state index in [1.165, 1.54) is 38.5 Å². The largest absolute Gasteiger partial charge is 0.377 e. The lowest BCUT2D eigenvalue weighted by Gasteiger charge is -2.33. The van der Waals surface area contributed by atoms with Crippen molar-refractivity contribution in [1.29, 1.82) is 0 Å². The van der Waals surface area contributed by atoms with Crippen LogP contribution < -0.4 is 0 Å². The fraction of sp³-hybridized carbons (Fsp3) is 1.00. The van der Waals surface area contributed by atoms with Crippen molar-refractivity contribution in [3.05, 3.63) is 0 Å². The Balaban J connectivity index is 0.740. The summed E-state index contributed by atoms with van der Waals surface area (Å²) in [6.07, 6.45) is 11.4. The van der Waals surface area contributed by atoms with Crippen LogP contribution in [0.15, 0.2) is 0 Å². The standard InChI is InChI=1S/C24H34O5/c1(3-26-17-7-11-5-13(17)15-9-19-23(28-19)21(11)15)25-2-4-27-18-8-12-6-14(18)16-10-20-24(29-20)22(12)16/h11-24H,1-10H2/t11-,12-,13-,14+,15+,16+,17-,18+,19+,20+,21+,22+,23-,24-/m0/s1. The lowest BCUT2D eigenvalue weighted by atomic mass is 9.79. The van der Waals surface area contributed by atoms with E-state index in [1.54, 1.807) is 0 Å². The molecule has 0 aromatic rings. The highest BCUT2D eigenvalue weighted by atomic mass is 16.6. The van der Waals surface area contributed by atoms with E-state index in [2.05, 4.69) is 0 Å². The van der Waals surface area contributed by atoms with Crippen LogP contribution >= 0.6 is 0 Å². The van der Waals surface area contributed by atoms with E-state index in [0.717, 1.165) is 60.6 Å².